The van der Waals surface area contributed by atoms with Crippen LogP contribution in [0.5, 0.6) is 0 Å². The lowest BCUT2D eigenvalue weighted by Crippen LogP contribution is -2.46. The second-order valence-corrected chi connectivity index (χ2v) is 7.70. The van der Waals surface area contributed by atoms with Gasteiger partial charge in [0.25, 0.3) is 0 Å². The van der Waals surface area contributed by atoms with Crippen LogP contribution >= 0.6 is 0 Å². The first-order chi connectivity index (χ1) is 9.96. The lowest BCUT2D eigenvalue weighted by molar-refractivity contribution is -0.123. The molecule has 0 saturated carbocycles. The van der Waals surface area contributed by atoms with Gasteiger partial charge in [-0.3, -0.25) is 4.79 Å². The molecule has 21 heavy (non-hydrogen) atoms. The molecule has 1 unspecified atom stereocenters. The summed E-state index contributed by atoms with van der Waals surface area (Å²) in [6, 6.07) is 7.19. The van der Waals surface area contributed by atoms with Crippen LogP contribution in [0.2, 0.25) is 0 Å². The number of sulfone groups is 1. The van der Waals surface area contributed by atoms with Crippen molar-refractivity contribution < 1.29 is 13.2 Å². The number of rotatable bonds is 5. The number of amides is 1. The van der Waals surface area contributed by atoms with Crippen molar-refractivity contribution in [3.63, 3.8) is 0 Å². The van der Waals surface area contributed by atoms with Crippen LogP contribution in [0.4, 0.5) is 0 Å². The van der Waals surface area contributed by atoms with E-state index in [-0.39, 0.29) is 17.7 Å². The molecule has 1 saturated heterocycles. The molecule has 1 amide bonds. The van der Waals surface area contributed by atoms with E-state index in [9.17, 15) is 13.2 Å². The number of hydrogen-bond acceptors (Lipinski definition) is 4. The molecule has 1 fully saturated rings. The molecule has 0 radical (unpaired) electrons. The van der Waals surface area contributed by atoms with Gasteiger partial charge in [-0.15, -0.1) is 0 Å². The molecule has 0 bridgehead atoms. The third kappa shape index (κ3) is 5.13. The summed E-state index contributed by atoms with van der Waals surface area (Å²) >= 11 is 0. The van der Waals surface area contributed by atoms with Gasteiger partial charge >= 0.3 is 0 Å². The highest BCUT2D eigenvalue weighted by atomic mass is 32.2. The van der Waals surface area contributed by atoms with Gasteiger partial charge in [0.05, 0.1) is 11.8 Å². The van der Waals surface area contributed by atoms with Crippen LogP contribution in [-0.4, -0.2) is 33.2 Å². The number of carbonyl (C=O) groups is 1. The van der Waals surface area contributed by atoms with Crippen LogP contribution in [0.3, 0.4) is 0 Å². The van der Waals surface area contributed by atoms with Gasteiger partial charge in [0.15, 0.2) is 9.84 Å². The Balaban J connectivity index is 1.98. The Labute approximate surface area is 126 Å². The second kappa shape index (κ2) is 7.04. The molecule has 1 heterocycles. The Morgan fingerprint density at radius 2 is 2.00 bits per heavy atom. The van der Waals surface area contributed by atoms with Crippen molar-refractivity contribution in [2.75, 3.05) is 12.8 Å². The fourth-order valence-corrected chi connectivity index (χ4v) is 3.38. The molecule has 6 heteroatoms. The molecule has 0 aromatic heterocycles. The van der Waals surface area contributed by atoms with Gasteiger partial charge in [0.1, 0.15) is 0 Å². The highest BCUT2D eigenvalue weighted by molar-refractivity contribution is 7.89. The van der Waals surface area contributed by atoms with Crippen LogP contribution in [0, 0.1) is 0 Å². The molecule has 2 N–H and O–H groups in total. The summed E-state index contributed by atoms with van der Waals surface area (Å²) in [7, 11) is -3.08. The zero-order chi connectivity index (χ0) is 15.3. The zero-order valence-corrected chi connectivity index (χ0v) is 13.1. The van der Waals surface area contributed by atoms with E-state index in [0.29, 0.717) is 6.54 Å². The van der Waals surface area contributed by atoms with Crippen LogP contribution in [0.15, 0.2) is 24.3 Å². The fourth-order valence-electron chi connectivity index (χ4n) is 2.53. The maximum absolute atomic E-state index is 12.1. The Kier molecular flexibility index (Phi) is 5.36. The van der Waals surface area contributed by atoms with E-state index in [1.807, 2.05) is 18.2 Å². The third-order valence-electron chi connectivity index (χ3n) is 3.62. The highest BCUT2D eigenvalue weighted by Crippen LogP contribution is 2.13. The summed E-state index contributed by atoms with van der Waals surface area (Å²) in [5.41, 5.74) is 1.60. The summed E-state index contributed by atoms with van der Waals surface area (Å²) in [6.07, 6.45) is 4.25. The first kappa shape index (κ1) is 16.0. The molecule has 116 valence electrons. The predicted octanol–water partition coefficient (Wildman–Crippen LogP) is 0.989. The molecule has 1 aromatic carbocycles. The van der Waals surface area contributed by atoms with Crippen molar-refractivity contribution in [3.05, 3.63) is 35.4 Å². The van der Waals surface area contributed by atoms with E-state index in [1.54, 1.807) is 6.07 Å². The summed E-state index contributed by atoms with van der Waals surface area (Å²) < 4.78 is 22.9. The maximum atomic E-state index is 12.1. The Bertz CT molecular complexity index is 593. The molecule has 1 aliphatic heterocycles. The molecule has 0 spiro atoms. The number of hydrogen-bond donors (Lipinski definition) is 2. The van der Waals surface area contributed by atoms with Gasteiger partial charge in [-0.25, -0.2) is 8.42 Å². The van der Waals surface area contributed by atoms with Gasteiger partial charge in [-0.2, -0.15) is 0 Å². The summed E-state index contributed by atoms with van der Waals surface area (Å²) in [5.74, 6) is -0.00960. The van der Waals surface area contributed by atoms with Gasteiger partial charge in [0, 0.05) is 12.8 Å². The number of nitrogens with one attached hydrogen (secondary N) is 2. The Morgan fingerprint density at radius 1 is 1.29 bits per heavy atom. The number of piperidine rings is 1. The van der Waals surface area contributed by atoms with Gasteiger partial charge < -0.3 is 10.6 Å². The van der Waals surface area contributed by atoms with Crippen molar-refractivity contribution >= 4 is 15.7 Å². The zero-order valence-electron chi connectivity index (χ0n) is 12.3. The number of carbonyl (C=O) groups excluding carboxylic acids is 1. The van der Waals surface area contributed by atoms with Crippen LogP contribution in [0.1, 0.15) is 30.4 Å². The van der Waals surface area contributed by atoms with E-state index in [1.165, 1.54) is 6.26 Å². The number of benzene rings is 1. The second-order valence-electron chi connectivity index (χ2n) is 5.56. The van der Waals surface area contributed by atoms with Gasteiger partial charge in [-0.1, -0.05) is 30.7 Å². The minimum absolute atomic E-state index is 0.000717. The fraction of sp³-hybridized carbons (Fsp3) is 0.533. The van der Waals surface area contributed by atoms with E-state index >= 15 is 0 Å². The molecule has 0 aliphatic carbocycles. The van der Waals surface area contributed by atoms with Crippen LogP contribution < -0.4 is 10.6 Å². The van der Waals surface area contributed by atoms with Crippen LogP contribution in [-0.2, 0) is 26.9 Å². The molecule has 1 aromatic rings. The average molecular weight is 310 g/mol. The van der Waals surface area contributed by atoms with Crippen molar-refractivity contribution in [2.24, 2.45) is 0 Å². The van der Waals surface area contributed by atoms with E-state index < -0.39 is 9.84 Å². The summed E-state index contributed by atoms with van der Waals surface area (Å²) in [4.78, 5) is 12.1. The van der Waals surface area contributed by atoms with Crippen molar-refractivity contribution in [1.82, 2.24) is 10.6 Å². The monoisotopic (exact) mass is 310 g/mol. The van der Waals surface area contributed by atoms with Crippen LogP contribution in [0.25, 0.3) is 0 Å². The minimum Gasteiger partial charge on any atom is -0.351 e. The van der Waals surface area contributed by atoms with E-state index in [0.717, 1.165) is 36.9 Å². The Hall–Kier alpha value is -1.40. The summed E-state index contributed by atoms with van der Waals surface area (Å²) in [5, 5.41) is 6.10. The van der Waals surface area contributed by atoms with Crippen molar-refractivity contribution in [2.45, 2.75) is 37.6 Å². The predicted molar refractivity (Wildman–Crippen MR) is 82.5 cm³/mol. The maximum Gasteiger partial charge on any atom is 0.237 e. The minimum atomic E-state index is -3.08. The van der Waals surface area contributed by atoms with E-state index in [2.05, 4.69) is 10.6 Å². The smallest absolute Gasteiger partial charge is 0.237 e. The first-order valence-electron chi connectivity index (χ1n) is 7.21. The Morgan fingerprint density at radius 3 is 2.62 bits per heavy atom. The largest absolute Gasteiger partial charge is 0.351 e. The molecular formula is C15H22N2O3S. The average Bonchev–Trinajstić information content (AvgIpc) is 2.45. The molecule has 5 nitrogen and oxygen atoms in total. The quantitative estimate of drug-likeness (QED) is 0.850. The standard InChI is InChI=1S/C15H22N2O3S/c1-21(19,20)11-13-7-3-2-6-12(13)10-17-15(18)14-8-4-5-9-16-14/h2-3,6-7,14,16H,4-5,8-11H2,1H3,(H,17,18). The van der Waals surface area contributed by atoms with Crippen molar-refractivity contribution in [1.29, 1.82) is 0 Å². The lowest BCUT2D eigenvalue weighted by Gasteiger charge is -2.22. The third-order valence-corrected chi connectivity index (χ3v) is 4.45. The molecule has 2 rings (SSSR count). The summed E-state index contributed by atoms with van der Waals surface area (Å²) in [6.45, 7) is 1.24. The van der Waals surface area contributed by atoms with Crippen molar-refractivity contribution in [3.8, 4) is 0 Å². The van der Waals surface area contributed by atoms with Gasteiger partial charge in [-0.05, 0) is 30.5 Å². The highest BCUT2D eigenvalue weighted by Gasteiger charge is 2.20. The van der Waals surface area contributed by atoms with E-state index in [4.69, 9.17) is 0 Å². The normalized spacial score (nSPS) is 19.2. The lowest BCUT2D eigenvalue weighted by atomic mass is 10.0. The SMILES string of the molecule is CS(=O)(=O)Cc1ccccc1CNC(=O)C1CCCCN1. The molecule has 1 atom stereocenters. The topological polar surface area (TPSA) is 75.3 Å². The van der Waals surface area contributed by atoms with Gasteiger partial charge in [0.2, 0.25) is 5.91 Å². The molecule has 1 aliphatic rings. The first-order valence-corrected chi connectivity index (χ1v) is 9.27. The molecular weight excluding hydrogens is 288 g/mol.